The number of hydrogen-bond donors (Lipinski definition) is 1. The lowest BCUT2D eigenvalue weighted by molar-refractivity contribution is -0.137. The molecule has 1 aromatic rings. The van der Waals surface area contributed by atoms with Crippen LogP contribution in [-0.4, -0.2) is 13.6 Å². The van der Waals surface area contributed by atoms with E-state index < -0.39 is 11.7 Å². The van der Waals surface area contributed by atoms with E-state index in [1.54, 1.807) is 6.07 Å². The third-order valence-electron chi connectivity index (χ3n) is 3.11. The van der Waals surface area contributed by atoms with Gasteiger partial charge >= 0.3 is 6.18 Å². The van der Waals surface area contributed by atoms with Crippen LogP contribution in [-0.2, 0) is 6.18 Å². The molecule has 2 atom stereocenters. The molecule has 1 saturated carbocycles. The molecule has 1 fully saturated rings. The average molecular weight is 264 g/mol. The van der Waals surface area contributed by atoms with Crippen LogP contribution < -0.4 is 5.32 Å². The number of halogens is 4. The number of rotatable bonds is 3. The Hall–Kier alpha value is -0.740. The summed E-state index contributed by atoms with van der Waals surface area (Å²) in [6.07, 6.45) is -3.43. The summed E-state index contributed by atoms with van der Waals surface area (Å²) in [5.74, 6) is 0.683. The van der Waals surface area contributed by atoms with E-state index in [2.05, 4.69) is 5.32 Å². The molecule has 1 aliphatic rings. The van der Waals surface area contributed by atoms with Crippen molar-refractivity contribution in [3.63, 3.8) is 0 Å². The zero-order valence-electron chi connectivity index (χ0n) is 9.31. The highest BCUT2D eigenvalue weighted by atomic mass is 35.5. The molecule has 0 spiro atoms. The van der Waals surface area contributed by atoms with Crippen molar-refractivity contribution in [2.45, 2.75) is 18.5 Å². The lowest BCUT2D eigenvalue weighted by Gasteiger charge is -2.10. The summed E-state index contributed by atoms with van der Waals surface area (Å²) in [6, 6.07) is 4.22. The fraction of sp³-hybridized carbons (Fsp3) is 0.500. The van der Waals surface area contributed by atoms with E-state index in [1.165, 1.54) is 12.1 Å². The minimum Gasteiger partial charge on any atom is -0.319 e. The van der Waals surface area contributed by atoms with Gasteiger partial charge in [-0.1, -0.05) is 17.7 Å². The van der Waals surface area contributed by atoms with Crippen LogP contribution in [0.1, 0.15) is 23.5 Å². The second-order valence-electron chi connectivity index (χ2n) is 4.40. The summed E-state index contributed by atoms with van der Waals surface area (Å²) < 4.78 is 38.0. The van der Waals surface area contributed by atoms with Crippen LogP contribution in [0.25, 0.3) is 0 Å². The topological polar surface area (TPSA) is 12.0 Å². The fourth-order valence-electron chi connectivity index (χ4n) is 2.13. The molecule has 2 unspecified atom stereocenters. The minimum absolute atomic E-state index is 0.230. The molecule has 5 heteroatoms. The maximum absolute atomic E-state index is 12.7. The maximum atomic E-state index is 12.7. The van der Waals surface area contributed by atoms with Crippen molar-refractivity contribution in [2.75, 3.05) is 13.6 Å². The molecule has 0 amide bonds. The van der Waals surface area contributed by atoms with Crippen molar-refractivity contribution < 1.29 is 13.2 Å². The summed E-state index contributed by atoms with van der Waals surface area (Å²) in [5, 5.41) is 2.81. The summed E-state index contributed by atoms with van der Waals surface area (Å²) in [7, 11) is 1.85. The standard InChI is InChI=1S/C12H13ClF3N/c1-17-6-8-4-9(8)7-2-3-11(13)10(5-7)12(14,15)16/h2-3,5,8-9,17H,4,6H2,1H3. The van der Waals surface area contributed by atoms with Gasteiger partial charge in [-0.15, -0.1) is 0 Å². The van der Waals surface area contributed by atoms with Gasteiger partial charge in [-0.3, -0.25) is 0 Å². The molecule has 0 saturated heterocycles. The zero-order valence-corrected chi connectivity index (χ0v) is 10.1. The summed E-state index contributed by atoms with van der Waals surface area (Å²) in [6.45, 7) is 0.842. The van der Waals surface area contributed by atoms with Crippen LogP contribution in [0.15, 0.2) is 18.2 Å². The van der Waals surface area contributed by atoms with Gasteiger partial charge in [-0.25, -0.2) is 0 Å². The molecule has 1 nitrogen and oxygen atoms in total. The SMILES string of the molecule is CNCC1CC1c1ccc(Cl)c(C(F)(F)F)c1. The Bertz CT molecular complexity index is 417. The lowest BCUT2D eigenvalue weighted by Crippen LogP contribution is -2.10. The molecular weight excluding hydrogens is 251 g/mol. The lowest BCUT2D eigenvalue weighted by atomic mass is 10.1. The van der Waals surface area contributed by atoms with Gasteiger partial charge in [0.2, 0.25) is 0 Å². The van der Waals surface area contributed by atoms with Crippen molar-refractivity contribution in [1.82, 2.24) is 5.32 Å². The number of benzene rings is 1. The molecule has 0 bridgehead atoms. The van der Waals surface area contributed by atoms with Gasteiger partial charge in [0, 0.05) is 0 Å². The molecule has 0 heterocycles. The van der Waals surface area contributed by atoms with Gasteiger partial charge in [0.15, 0.2) is 0 Å². The fourth-order valence-corrected chi connectivity index (χ4v) is 2.36. The van der Waals surface area contributed by atoms with Crippen molar-refractivity contribution >= 4 is 11.6 Å². The normalized spacial score (nSPS) is 23.8. The van der Waals surface area contributed by atoms with Gasteiger partial charge < -0.3 is 5.32 Å². The highest BCUT2D eigenvalue weighted by molar-refractivity contribution is 6.31. The van der Waals surface area contributed by atoms with E-state index in [0.29, 0.717) is 5.92 Å². The largest absolute Gasteiger partial charge is 0.417 e. The van der Waals surface area contributed by atoms with Gasteiger partial charge in [-0.2, -0.15) is 13.2 Å². The highest BCUT2D eigenvalue weighted by Crippen LogP contribution is 2.48. The first kappa shape index (κ1) is 12.7. The van der Waals surface area contributed by atoms with Gasteiger partial charge in [0.25, 0.3) is 0 Å². The van der Waals surface area contributed by atoms with Crippen LogP contribution in [0.3, 0.4) is 0 Å². The Morgan fingerprint density at radius 1 is 1.41 bits per heavy atom. The van der Waals surface area contributed by atoms with Crippen LogP contribution in [0.5, 0.6) is 0 Å². The van der Waals surface area contributed by atoms with E-state index in [-0.39, 0.29) is 10.9 Å². The predicted octanol–water partition coefficient (Wildman–Crippen LogP) is 3.68. The average Bonchev–Trinajstić information content (AvgIpc) is 2.97. The Balaban J connectivity index is 2.21. The number of hydrogen-bond acceptors (Lipinski definition) is 1. The molecule has 0 aromatic heterocycles. The second-order valence-corrected chi connectivity index (χ2v) is 4.80. The van der Waals surface area contributed by atoms with Crippen molar-refractivity contribution in [3.05, 3.63) is 34.3 Å². The molecule has 94 valence electrons. The summed E-state index contributed by atoms with van der Waals surface area (Å²) >= 11 is 5.57. The van der Waals surface area contributed by atoms with Crippen LogP contribution >= 0.6 is 11.6 Å². The predicted molar refractivity (Wildman–Crippen MR) is 61.2 cm³/mol. The Morgan fingerprint density at radius 2 is 2.12 bits per heavy atom. The van der Waals surface area contributed by atoms with E-state index in [0.717, 1.165) is 18.5 Å². The molecule has 17 heavy (non-hydrogen) atoms. The highest BCUT2D eigenvalue weighted by Gasteiger charge is 2.40. The summed E-state index contributed by atoms with van der Waals surface area (Å²) in [5.41, 5.74) is 0.00810. The van der Waals surface area contributed by atoms with Gasteiger partial charge in [0.1, 0.15) is 0 Å². The van der Waals surface area contributed by atoms with E-state index in [9.17, 15) is 13.2 Å². The van der Waals surface area contributed by atoms with E-state index >= 15 is 0 Å². The van der Waals surface area contributed by atoms with Gasteiger partial charge in [-0.05, 0) is 49.5 Å². The van der Waals surface area contributed by atoms with E-state index in [1.807, 2.05) is 7.05 Å². The first-order valence-corrected chi connectivity index (χ1v) is 5.82. The quantitative estimate of drug-likeness (QED) is 0.877. The molecule has 2 rings (SSSR count). The smallest absolute Gasteiger partial charge is 0.319 e. The van der Waals surface area contributed by atoms with Crippen LogP contribution in [0.2, 0.25) is 5.02 Å². The first-order chi connectivity index (χ1) is 7.93. The van der Waals surface area contributed by atoms with Gasteiger partial charge in [0.05, 0.1) is 10.6 Å². The monoisotopic (exact) mass is 263 g/mol. The third kappa shape index (κ3) is 2.75. The van der Waals surface area contributed by atoms with E-state index in [4.69, 9.17) is 11.6 Å². The number of nitrogens with one attached hydrogen (secondary N) is 1. The molecular formula is C12H13ClF3N. The third-order valence-corrected chi connectivity index (χ3v) is 3.44. The van der Waals surface area contributed by atoms with Crippen molar-refractivity contribution in [1.29, 1.82) is 0 Å². The van der Waals surface area contributed by atoms with Crippen LogP contribution in [0.4, 0.5) is 13.2 Å². The molecule has 0 aliphatic heterocycles. The first-order valence-electron chi connectivity index (χ1n) is 5.44. The Labute approximate surface area is 103 Å². The molecule has 1 aliphatic carbocycles. The second kappa shape index (κ2) is 4.50. The Morgan fingerprint density at radius 3 is 2.71 bits per heavy atom. The molecule has 1 N–H and O–H groups in total. The summed E-state index contributed by atoms with van der Waals surface area (Å²) in [4.78, 5) is 0. The van der Waals surface area contributed by atoms with Crippen LogP contribution in [0, 0.1) is 5.92 Å². The van der Waals surface area contributed by atoms with Crippen molar-refractivity contribution in [2.24, 2.45) is 5.92 Å². The zero-order chi connectivity index (χ0) is 12.6. The van der Waals surface area contributed by atoms with Crippen molar-refractivity contribution in [3.8, 4) is 0 Å². The maximum Gasteiger partial charge on any atom is 0.417 e. The minimum atomic E-state index is -4.37. The molecule has 0 radical (unpaired) electrons. The molecule has 1 aromatic carbocycles. The Kier molecular flexibility index (Phi) is 3.36. The number of alkyl halides is 3.